The number of rotatable bonds is 10. The van der Waals surface area contributed by atoms with E-state index in [1.165, 1.54) is 0 Å². The van der Waals surface area contributed by atoms with Crippen LogP contribution in [0.25, 0.3) is 0 Å². The minimum Gasteiger partial charge on any atom is -0.497 e. The van der Waals surface area contributed by atoms with Crippen molar-refractivity contribution in [3.63, 3.8) is 0 Å². The Balaban J connectivity index is 1.79. The first-order chi connectivity index (χ1) is 14.5. The van der Waals surface area contributed by atoms with Crippen molar-refractivity contribution in [3.05, 3.63) is 42.4 Å². The van der Waals surface area contributed by atoms with Gasteiger partial charge in [0.2, 0.25) is 5.95 Å². The van der Waals surface area contributed by atoms with E-state index in [0.29, 0.717) is 11.7 Å². The van der Waals surface area contributed by atoms with Gasteiger partial charge < -0.3 is 25.0 Å². The van der Waals surface area contributed by atoms with Crippen molar-refractivity contribution in [3.8, 4) is 11.5 Å². The summed E-state index contributed by atoms with van der Waals surface area (Å²) in [5, 5.41) is 11.0. The van der Waals surface area contributed by atoms with Crippen LogP contribution in [0.3, 0.4) is 0 Å². The van der Waals surface area contributed by atoms with Crippen LogP contribution in [0.15, 0.2) is 36.8 Å². The largest absolute Gasteiger partial charge is 0.497 e. The molecule has 0 fully saturated rings. The molecule has 30 heavy (non-hydrogen) atoms. The highest BCUT2D eigenvalue weighted by Crippen LogP contribution is 2.32. The highest BCUT2D eigenvalue weighted by Gasteiger charge is 2.11. The van der Waals surface area contributed by atoms with E-state index in [1.54, 1.807) is 20.4 Å². The molecule has 0 aliphatic heterocycles. The van der Waals surface area contributed by atoms with E-state index in [4.69, 9.17) is 9.47 Å². The van der Waals surface area contributed by atoms with Gasteiger partial charge in [0.25, 0.3) is 0 Å². The molecule has 160 valence electrons. The summed E-state index contributed by atoms with van der Waals surface area (Å²) < 4.78 is 12.6. The van der Waals surface area contributed by atoms with Gasteiger partial charge in [-0.25, -0.2) is 4.98 Å². The normalized spacial score (nSPS) is 10.9. The lowest BCUT2D eigenvalue weighted by Gasteiger charge is -2.15. The lowest BCUT2D eigenvalue weighted by Crippen LogP contribution is -2.18. The van der Waals surface area contributed by atoms with Gasteiger partial charge in [-0.15, -0.1) is 0 Å². The van der Waals surface area contributed by atoms with Crippen LogP contribution >= 0.6 is 0 Å². The number of ether oxygens (including phenoxy) is 2. The SMILES string of the molecule is CCc1cnc(Nc2cnn(CCN(C)C)c2)nc1Nc1ccc(OC)cc1OC. The number of anilines is 4. The van der Waals surface area contributed by atoms with E-state index in [9.17, 15) is 0 Å². The average Bonchev–Trinajstić information content (AvgIpc) is 3.20. The number of likely N-dealkylation sites (N-methyl/N-ethyl adjacent to an activating group) is 1. The van der Waals surface area contributed by atoms with Crippen LogP contribution in [0.5, 0.6) is 11.5 Å². The third kappa shape index (κ3) is 5.38. The smallest absolute Gasteiger partial charge is 0.229 e. The molecule has 0 unspecified atom stereocenters. The molecule has 0 saturated carbocycles. The Kier molecular flexibility index (Phi) is 7.08. The summed E-state index contributed by atoms with van der Waals surface area (Å²) in [6.45, 7) is 3.80. The van der Waals surface area contributed by atoms with Gasteiger partial charge in [0.15, 0.2) is 0 Å². The molecule has 0 atom stereocenters. The molecule has 2 aromatic heterocycles. The maximum atomic E-state index is 5.49. The molecule has 0 aliphatic rings. The highest BCUT2D eigenvalue weighted by atomic mass is 16.5. The second kappa shape index (κ2) is 9.93. The van der Waals surface area contributed by atoms with Gasteiger partial charge >= 0.3 is 0 Å². The second-order valence-electron chi connectivity index (χ2n) is 7.03. The fourth-order valence-electron chi connectivity index (χ4n) is 2.85. The zero-order valence-corrected chi connectivity index (χ0v) is 18.1. The Morgan fingerprint density at radius 3 is 2.63 bits per heavy atom. The second-order valence-corrected chi connectivity index (χ2v) is 7.03. The first-order valence-corrected chi connectivity index (χ1v) is 9.81. The third-order valence-corrected chi connectivity index (χ3v) is 4.57. The van der Waals surface area contributed by atoms with Crippen molar-refractivity contribution in [2.24, 2.45) is 0 Å². The van der Waals surface area contributed by atoms with Crippen LogP contribution in [0.2, 0.25) is 0 Å². The van der Waals surface area contributed by atoms with Crippen molar-refractivity contribution in [2.75, 3.05) is 45.5 Å². The topological polar surface area (TPSA) is 89.4 Å². The quantitative estimate of drug-likeness (QED) is 0.525. The first-order valence-electron chi connectivity index (χ1n) is 9.81. The van der Waals surface area contributed by atoms with Crippen molar-refractivity contribution in [2.45, 2.75) is 19.9 Å². The van der Waals surface area contributed by atoms with Gasteiger partial charge in [0.05, 0.1) is 38.3 Å². The lowest BCUT2D eigenvalue weighted by atomic mass is 10.2. The summed E-state index contributed by atoms with van der Waals surface area (Å²) in [6, 6.07) is 5.61. The Hall–Kier alpha value is -3.33. The minimum atomic E-state index is 0.495. The summed E-state index contributed by atoms with van der Waals surface area (Å²) in [4.78, 5) is 11.2. The summed E-state index contributed by atoms with van der Waals surface area (Å²) in [5.41, 5.74) is 2.64. The van der Waals surface area contributed by atoms with Gasteiger partial charge in [0, 0.05) is 30.6 Å². The predicted octanol–water partition coefficient (Wildman–Crippen LogP) is 3.30. The van der Waals surface area contributed by atoms with Crippen molar-refractivity contribution >= 4 is 23.1 Å². The third-order valence-electron chi connectivity index (χ3n) is 4.57. The van der Waals surface area contributed by atoms with Crippen molar-refractivity contribution in [1.82, 2.24) is 24.6 Å². The molecule has 0 bridgehead atoms. The van der Waals surface area contributed by atoms with Gasteiger partial charge in [0.1, 0.15) is 17.3 Å². The number of hydrogen-bond acceptors (Lipinski definition) is 8. The minimum absolute atomic E-state index is 0.495. The van der Waals surface area contributed by atoms with E-state index < -0.39 is 0 Å². The molecule has 1 aromatic carbocycles. The number of nitrogens with one attached hydrogen (secondary N) is 2. The molecule has 3 rings (SSSR count). The molecule has 2 heterocycles. The average molecular weight is 412 g/mol. The number of aryl methyl sites for hydroxylation is 1. The molecular weight excluding hydrogens is 382 g/mol. The summed E-state index contributed by atoms with van der Waals surface area (Å²) >= 11 is 0. The van der Waals surface area contributed by atoms with Crippen molar-refractivity contribution in [1.29, 1.82) is 0 Å². The van der Waals surface area contributed by atoms with Gasteiger partial charge in [-0.2, -0.15) is 10.1 Å². The standard InChI is InChI=1S/C21H29N7O2/c1-6-15-12-22-21(24-16-13-23-28(14-16)10-9-27(2)3)26-20(15)25-18-8-7-17(29-4)11-19(18)30-5/h7-8,11-14H,6,9-10H2,1-5H3,(H2,22,24,25,26). The van der Waals surface area contributed by atoms with Crippen LogP contribution in [0.1, 0.15) is 12.5 Å². The first kappa shape index (κ1) is 21.4. The Labute approximate surface area is 177 Å². The molecular formula is C21H29N7O2. The lowest BCUT2D eigenvalue weighted by molar-refractivity contribution is 0.373. The molecule has 2 N–H and O–H groups in total. The number of aromatic nitrogens is 4. The number of methoxy groups -OCH3 is 2. The van der Waals surface area contributed by atoms with E-state index in [1.807, 2.05) is 49.4 Å². The number of hydrogen-bond donors (Lipinski definition) is 2. The molecule has 9 nitrogen and oxygen atoms in total. The zero-order chi connectivity index (χ0) is 21.5. The molecule has 0 amide bonds. The molecule has 0 radical (unpaired) electrons. The maximum Gasteiger partial charge on any atom is 0.229 e. The van der Waals surface area contributed by atoms with Gasteiger partial charge in [-0.1, -0.05) is 6.92 Å². The maximum absolute atomic E-state index is 5.49. The van der Waals surface area contributed by atoms with Crippen LogP contribution in [-0.2, 0) is 13.0 Å². The monoisotopic (exact) mass is 411 g/mol. The summed E-state index contributed by atoms with van der Waals surface area (Å²) in [7, 11) is 7.33. The van der Waals surface area contributed by atoms with Gasteiger partial charge in [-0.05, 0) is 32.6 Å². The fourth-order valence-corrected chi connectivity index (χ4v) is 2.85. The number of nitrogens with zero attached hydrogens (tertiary/aromatic N) is 5. The van der Waals surface area contributed by atoms with Crippen LogP contribution < -0.4 is 20.1 Å². The van der Waals surface area contributed by atoms with E-state index in [0.717, 1.165) is 48.0 Å². The van der Waals surface area contributed by atoms with E-state index >= 15 is 0 Å². The summed E-state index contributed by atoms with van der Waals surface area (Å²) in [5.74, 6) is 2.61. The van der Waals surface area contributed by atoms with Crippen molar-refractivity contribution < 1.29 is 9.47 Å². The fraction of sp³-hybridized carbons (Fsp3) is 0.381. The van der Waals surface area contributed by atoms with E-state index in [2.05, 4.69) is 37.5 Å². The predicted molar refractivity (Wildman–Crippen MR) is 118 cm³/mol. The zero-order valence-electron chi connectivity index (χ0n) is 18.1. The van der Waals surface area contributed by atoms with E-state index in [-0.39, 0.29) is 0 Å². The Bertz CT molecular complexity index is 972. The molecule has 0 saturated heterocycles. The molecule has 0 aliphatic carbocycles. The molecule has 9 heteroatoms. The van der Waals surface area contributed by atoms with Gasteiger partial charge in [-0.3, -0.25) is 4.68 Å². The highest BCUT2D eigenvalue weighted by molar-refractivity contribution is 5.68. The summed E-state index contributed by atoms with van der Waals surface area (Å²) in [6.07, 6.45) is 6.33. The van der Waals surface area contributed by atoms with Crippen LogP contribution in [0.4, 0.5) is 23.1 Å². The van der Waals surface area contributed by atoms with Crippen LogP contribution in [-0.4, -0.2) is 59.5 Å². The number of benzene rings is 1. The molecule has 3 aromatic rings. The van der Waals surface area contributed by atoms with Crippen LogP contribution in [0, 0.1) is 0 Å². The Morgan fingerprint density at radius 1 is 1.10 bits per heavy atom. The molecule has 0 spiro atoms. The Morgan fingerprint density at radius 2 is 1.93 bits per heavy atom.